The lowest BCUT2D eigenvalue weighted by molar-refractivity contribution is 0.0571. The summed E-state index contributed by atoms with van der Waals surface area (Å²) in [6.07, 6.45) is 0.0234. The number of piperazine rings is 1. The number of hydrogen-bond donors (Lipinski definition) is 1. The van der Waals surface area contributed by atoms with Crippen LogP contribution < -0.4 is 14.4 Å². The number of fused-ring (bicyclic) bond motifs is 1. The molecule has 1 atom stereocenters. The van der Waals surface area contributed by atoms with Crippen molar-refractivity contribution in [3.8, 4) is 11.5 Å². The molecule has 6 heteroatoms. The molecule has 0 amide bonds. The number of anilines is 1. The first kappa shape index (κ1) is 17.1. The van der Waals surface area contributed by atoms with Gasteiger partial charge in [-0.1, -0.05) is 12.1 Å². The Hall–Kier alpha value is -2.31. The second kappa shape index (κ2) is 7.51. The van der Waals surface area contributed by atoms with E-state index in [4.69, 9.17) is 9.47 Å². The molecule has 1 N–H and O–H groups in total. The number of para-hydroxylation sites is 2. The molecule has 0 saturated carbocycles. The molecule has 2 aromatic carbocycles. The average Bonchev–Trinajstić information content (AvgIpc) is 2.68. The smallest absolute Gasteiger partial charge is 0.161 e. The Balaban J connectivity index is 1.33. The molecule has 26 heavy (non-hydrogen) atoms. The number of rotatable bonds is 4. The van der Waals surface area contributed by atoms with Crippen molar-refractivity contribution in [2.24, 2.45) is 0 Å². The van der Waals surface area contributed by atoms with Crippen LogP contribution in [0.4, 0.5) is 10.1 Å². The molecule has 2 aromatic rings. The zero-order valence-corrected chi connectivity index (χ0v) is 14.6. The number of halogens is 1. The average molecular weight is 358 g/mol. The van der Waals surface area contributed by atoms with Gasteiger partial charge in [-0.3, -0.25) is 4.90 Å². The third-order valence-corrected chi connectivity index (χ3v) is 4.95. The van der Waals surface area contributed by atoms with E-state index in [1.165, 1.54) is 12.1 Å². The van der Waals surface area contributed by atoms with Crippen LogP contribution in [0.1, 0.15) is 5.56 Å². The topological polar surface area (TPSA) is 45.2 Å². The van der Waals surface area contributed by atoms with Crippen molar-refractivity contribution in [1.29, 1.82) is 0 Å². The molecule has 0 spiro atoms. The van der Waals surface area contributed by atoms with Gasteiger partial charge in [0.25, 0.3) is 0 Å². The van der Waals surface area contributed by atoms with Crippen LogP contribution in [0.15, 0.2) is 42.5 Å². The number of benzene rings is 2. The van der Waals surface area contributed by atoms with Gasteiger partial charge in [-0.05, 0) is 30.3 Å². The Morgan fingerprint density at radius 2 is 1.81 bits per heavy atom. The van der Waals surface area contributed by atoms with Gasteiger partial charge in [0.2, 0.25) is 0 Å². The van der Waals surface area contributed by atoms with E-state index < -0.39 is 0 Å². The first-order valence-electron chi connectivity index (χ1n) is 8.98. The van der Waals surface area contributed by atoms with Gasteiger partial charge in [-0.25, -0.2) is 4.39 Å². The summed E-state index contributed by atoms with van der Waals surface area (Å²) in [6.45, 7) is 4.68. The maximum absolute atomic E-state index is 13.4. The van der Waals surface area contributed by atoms with Crippen molar-refractivity contribution in [2.45, 2.75) is 12.7 Å². The minimum absolute atomic E-state index is 0.0234. The summed E-state index contributed by atoms with van der Waals surface area (Å²) in [4.78, 5) is 4.57. The zero-order chi connectivity index (χ0) is 17.9. The van der Waals surface area contributed by atoms with Crippen LogP contribution in [0, 0.1) is 5.82 Å². The molecule has 2 aliphatic heterocycles. The molecule has 138 valence electrons. The van der Waals surface area contributed by atoms with Gasteiger partial charge in [0.1, 0.15) is 18.5 Å². The number of ether oxygens (including phenoxy) is 2. The van der Waals surface area contributed by atoms with E-state index in [0.29, 0.717) is 12.2 Å². The van der Waals surface area contributed by atoms with Crippen LogP contribution in [0.5, 0.6) is 11.5 Å². The second-order valence-corrected chi connectivity index (χ2v) is 6.72. The Labute approximate surface area is 152 Å². The Kier molecular flexibility index (Phi) is 4.95. The second-order valence-electron chi connectivity index (χ2n) is 6.72. The Bertz CT molecular complexity index is 762. The van der Waals surface area contributed by atoms with E-state index in [1.807, 2.05) is 24.3 Å². The third-order valence-electron chi connectivity index (χ3n) is 4.95. The predicted octanol–water partition coefficient (Wildman–Crippen LogP) is 2.28. The molecule has 5 nitrogen and oxygen atoms in total. The highest BCUT2D eigenvalue weighted by atomic mass is 19.1. The first-order valence-corrected chi connectivity index (χ1v) is 8.98. The van der Waals surface area contributed by atoms with Gasteiger partial charge >= 0.3 is 0 Å². The first-order chi connectivity index (χ1) is 12.7. The fraction of sp³-hybridized carbons (Fsp3) is 0.400. The lowest BCUT2D eigenvalue weighted by Gasteiger charge is -2.38. The summed E-state index contributed by atoms with van der Waals surface area (Å²) in [5, 5.41) is 9.49. The maximum atomic E-state index is 13.4. The normalized spacial score (nSPS) is 20.2. The standard InChI is InChI=1S/C20H23FN2O3/c21-16-5-6-18(15(11-16)13-24)23-9-7-22(8-10-23)12-17-14-25-19-3-1-2-4-20(19)26-17/h1-6,11,17,24H,7-10,12-14H2. The lowest BCUT2D eigenvalue weighted by atomic mass is 10.1. The number of nitrogens with zero attached hydrogens (tertiary/aromatic N) is 2. The zero-order valence-electron chi connectivity index (χ0n) is 14.6. The van der Waals surface area contributed by atoms with Crippen molar-refractivity contribution in [3.63, 3.8) is 0 Å². The third kappa shape index (κ3) is 3.61. The molecular weight excluding hydrogens is 335 g/mol. The summed E-state index contributed by atoms with van der Waals surface area (Å²) in [7, 11) is 0. The largest absolute Gasteiger partial charge is 0.486 e. The minimum Gasteiger partial charge on any atom is -0.486 e. The van der Waals surface area contributed by atoms with Gasteiger partial charge in [-0.15, -0.1) is 0 Å². The molecule has 0 aromatic heterocycles. The monoisotopic (exact) mass is 358 g/mol. The molecule has 0 aliphatic carbocycles. The van der Waals surface area contributed by atoms with E-state index in [2.05, 4.69) is 9.80 Å². The van der Waals surface area contributed by atoms with Gasteiger partial charge in [0.15, 0.2) is 11.5 Å². The number of hydrogen-bond acceptors (Lipinski definition) is 5. The highest BCUT2D eigenvalue weighted by Gasteiger charge is 2.26. The van der Waals surface area contributed by atoms with Crippen molar-refractivity contribution in [3.05, 3.63) is 53.8 Å². The quantitative estimate of drug-likeness (QED) is 0.909. The molecule has 2 heterocycles. The fourth-order valence-corrected chi connectivity index (χ4v) is 3.60. The van der Waals surface area contributed by atoms with Crippen LogP contribution in [0.3, 0.4) is 0 Å². The van der Waals surface area contributed by atoms with Gasteiger partial charge in [-0.2, -0.15) is 0 Å². The number of aliphatic hydroxyl groups is 1. The highest BCUT2D eigenvalue weighted by Crippen LogP contribution is 2.31. The van der Waals surface area contributed by atoms with Crippen LogP contribution in [-0.2, 0) is 6.61 Å². The molecular formula is C20H23FN2O3. The molecule has 1 fully saturated rings. The maximum Gasteiger partial charge on any atom is 0.161 e. The summed E-state index contributed by atoms with van der Waals surface area (Å²) in [6, 6.07) is 12.4. The van der Waals surface area contributed by atoms with E-state index in [-0.39, 0.29) is 18.5 Å². The van der Waals surface area contributed by atoms with Crippen molar-refractivity contribution in [1.82, 2.24) is 4.90 Å². The summed E-state index contributed by atoms with van der Waals surface area (Å²) < 4.78 is 25.2. The summed E-state index contributed by atoms with van der Waals surface area (Å²) in [5.41, 5.74) is 1.55. The van der Waals surface area contributed by atoms with Crippen LogP contribution in [0.25, 0.3) is 0 Å². The Morgan fingerprint density at radius 1 is 1.04 bits per heavy atom. The minimum atomic E-state index is -0.314. The van der Waals surface area contributed by atoms with E-state index in [9.17, 15) is 9.50 Å². The SMILES string of the molecule is OCc1cc(F)ccc1N1CCN(CC2COc3ccccc3O2)CC1. The van der Waals surface area contributed by atoms with E-state index in [1.54, 1.807) is 6.07 Å². The molecule has 4 rings (SSSR count). The predicted molar refractivity (Wildman–Crippen MR) is 97.3 cm³/mol. The molecule has 2 aliphatic rings. The van der Waals surface area contributed by atoms with E-state index >= 15 is 0 Å². The van der Waals surface area contributed by atoms with Crippen molar-refractivity contribution >= 4 is 5.69 Å². The van der Waals surface area contributed by atoms with Crippen LogP contribution in [-0.4, -0.2) is 55.4 Å². The van der Waals surface area contributed by atoms with Gasteiger partial charge < -0.3 is 19.5 Å². The fourth-order valence-electron chi connectivity index (χ4n) is 3.60. The molecule has 0 bridgehead atoms. The van der Waals surface area contributed by atoms with E-state index in [0.717, 1.165) is 49.9 Å². The highest BCUT2D eigenvalue weighted by molar-refractivity contribution is 5.54. The summed E-state index contributed by atoms with van der Waals surface area (Å²) >= 11 is 0. The lowest BCUT2D eigenvalue weighted by Crippen LogP contribution is -2.50. The molecule has 0 radical (unpaired) electrons. The Morgan fingerprint density at radius 3 is 2.58 bits per heavy atom. The molecule has 1 unspecified atom stereocenters. The van der Waals surface area contributed by atoms with Crippen molar-refractivity contribution in [2.75, 3.05) is 44.2 Å². The van der Waals surface area contributed by atoms with Crippen LogP contribution in [0.2, 0.25) is 0 Å². The van der Waals surface area contributed by atoms with Crippen LogP contribution >= 0.6 is 0 Å². The number of aliphatic hydroxyl groups excluding tert-OH is 1. The van der Waals surface area contributed by atoms with Crippen molar-refractivity contribution < 1.29 is 19.0 Å². The summed E-state index contributed by atoms with van der Waals surface area (Å²) in [5.74, 6) is 1.30. The van der Waals surface area contributed by atoms with Gasteiger partial charge in [0.05, 0.1) is 6.61 Å². The van der Waals surface area contributed by atoms with Gasteiger partial charge in [0, 0.05) is 44.0 Å². The molecule has 1 saturated heterocycles.